The van der Waals surface area contributed by atoms with E-state index in [4.69, 9.17) is 24.9 Å². The number of likely N-dealkylation sites (tertiary alicyclic amines) is 1. The Morgan fingerprint density at radius 1 is 1.15 bits per heavy atom. The van der Waals surface area contributed by atoms with Gasteiger partial charge >= 0.3 is 11.9 Å². The highest BCUT2D eigenvalue weighted by atomic mass is 16.4. The number of aliphatic hydroxyl groups is 1. The van der Waals surface area contributed by atoms with Gasteiger partial charge < -0.3 is 15.3 Å². The molecule has 1 heterocycles. The standard InChI is InChI=1S/C12H17NO.C2H2O4/c14-10-12-6-7-13(9-12)8-11-4-2-1-3-5-11;3-1(4)2(5)6/h1-5,12,14H,6-10H2;(H,3,4)(H,5,6). The number of aliphatic hydroxyl groups excluding tert-OH is 1. The van der Waals surface area contributed by atoms with Crippen LogP contribution in [0.25, 0.3) is 0 Å². The predicted molar refractivity (Wildman–Crippen MR) is 72.2 cm³/mol. The number of aliphatic carboxylic acids is 2. The van der Waals surface area contributed by atoms with Gasteiger partial charge in [-0.2, -0.15) is 0 Å². The zero-order valence-electron chi connectivity index (χ0n) is 11.1. The molecule has 2 rings (SSSR count). The van der Waals surface area contributed by atoms with Gasteiger partial charge in [0.25, 0.3) is 0 Å². The molecule has 0 radical (unpaired) electrons. The van der Waals surface area contributed by atoms with E-state index >= 15 is 0 Å². The van der Waals surface area contributed by atoms with Gasteiger partial charge in [0.2, 0.25) is 0 Å². The summed E-state index contributed by atoms with van der Waals surface area (Å²) in [7, 11) is 0. The van der Waals surface area contributed by atoms with Gasteiger partial charge in [-0.3, -0.25) is 4.90 Å². The van der Waals surface area contributed by atoms with Gasteiger partial charge in [0.1, 0.15) is 0 Å². The Morgan fingerprint density at radius 3 is 2.20 bits per heavy atom. The van der Waals surface area contributed by atoms with E-state index in [2.05, 4.69) is 29.2 Å². The summed E-state index contributed by atoms with van der Waals surface area (Å²) in [5.74, 6) is -3.15. The molecule has 110 valence electrons. The van der Waals surface area contributed by atoms with Crippen molar-refractivity contribution in [2.75, 3.05) is 19.7 Å². The summed E-state index contributed by atoms with van der Waals surface area (Å²) < 4.78 is 0. The topological polar surface area (TPSA) is 98.1 Å². The van der Waals surface area contributed by atoms with E-state index < -0.39 is 11.9 Å². The summed E-state index contributed by atoms with van der Waals surface area (Å²) >= 11 is 0. The number of hydrogen-bond donors (Lipinski definition) is 3. The van der Waals surface area contributed by atoms with Gasteiger partial charge in [0.15, 0.2) is 0 Å². The zero-order chi connectivity index (χ0) is 15.0. The van der Waals surface area contributed by atoms with E-state index in [1.54, 1.807) is 0 Å². The van der Waals surface area contributed by atoms with Crippen molar-refractivity contribution >= 4 is 11.9 Å². The third-order valence-corrected chi connectivity index (χ3v) is 3.06. The lowest BCUT2D eigenvalue weighted by Crippen LogP contribution is -2.20. The second-order valence-corrected chi connectivity index (χ2v) is 4.67. The molecule has 1 aromatic carbocycles. The first-order valence-electron chi connectivity index (χ1n) is 6.36. The molecule has 0 aliphatic carbocycles. The number of carboxylic acids is 2. The first kappa shape index (κ1) is 16.1. The quantitative estimate of drug-likeness (QED) is 0.704. The molecule has 6 heteroatoms. The van der Waals surface area contributed by atoms with Crippen LogP contribution in [0.15, 0.2) is 30.3 Å². The van der Waals surface area contributed by atoms with Crippen molar-refractivity contribution in [2.45, 2.75) is 13.0 Å². The average molecular weight is 281 g/mol. The maximum atomic E-state index is 9.10. The number of benzene rings is 1. The van der Waals surface area contributed by atoms with Crippen LogP contribution in [0, 0.1) is 5.92 Å². The van der Waals surface area contributed by atoms with Gasteiger partial charge in [-0.15, -0.1) is 0 Å². The summed E-state index contributed by atoms with van der Waals surface area (Å²) in [6.45, 7) is 3.54. The van der Waals surface area contributed by atoms with Crippen LogP contribution < -0.4 is 0 Å². The number of carboxylic acid groups (broad SMARTS) is 2. The van der Waals surface area contributed by atoms with Crippen LogP contribution in [0.3, 0.4) is 0 Å². The highest BCUT2D eigenvalue weighted by molar-refractivity contribution is 6.27. The van der Waals surface area contributed by atoms with E-state index in [-0.39, 0.29) is 0 Å². The molecule has 1 unspecified atom stereocenters. The molecule has 1 fully saturated rings. The fourth-order valence-electron chi connectivity index (χ4n) is 2.05. The van der Waals surface area contributed by atoms with Crippen molar-refractivity contribution in [1.82, 2.24) is 4.90 Å². The van der Waals surface area contributed by atoms with E-state index in [1.165, 1.54) is 5.56 Å². The van der Waals surface area contributed by atoms with Gasteiger partial charge in [-0.25, -0.2) is 9.59 Å². The van der Waals surface area contributed by atoms with Crippen LogP contribution in [-0.2, 0) is 16.1 Å². The minimum Gasteiger partial charge on any atom is -0.473 e. The van der Waals surface area contributed by atoms with Crippen LogP contribution in [-0.4, -0.2) is 51.9 Å². The van der Waals surface area contributed by atoms with E-state index in [0.29, 0.717) is 12.5 Å². The Hall–Kier alpha value is -1.92. The van der Waals surface area contributed by atoms with Crippen molar-refractivity contribution in [3.8, 4) is 0 Å². The Kier molecular flexibility index (Phi) is 6.69. The number of rotatable bonds is 3. The highest BCUT2D eigenvalue weighted by Crippen LogP contribution is 2.17. The first-order valence-corrected chi connectivity index (χ1v) is 6.36. The van der Waals surface area contributed by atoms with Crippen molar-refractivity contribution in [1.29, 1.82) is 0 Å². The lowest BCUT2D eigenvalue weighted by Gasteiger charge is -2.15. The van der Waals surface area contributed by atoms with Crippen molar-refractivity contribution in [2.24, 2.45) is 5.92 Å². The molecule has 0 bridgehead atoms. The minimum absolute atomic E-state index is 0.339. The predicted octanol–water partition coefficient (Wildman–Crippen LogP) is 0.656. The number of nitrogens with zero attached hydrogens (tertiary/aromatic N) is 1. The maximum absolute atomic E-state index is 9.10. The minimum atomic E-state index is -1.82. The van der Waals surface area contributed by atoms with Crippen LogP contribution in [0.5, 0.6) is 0 Å². The lowest BCUT2D eigenvalue weighted by molar-refractivity contribution is -0.159. The van der Waals surface area contributed by atoms with Crippen LogP contribution >= 0.6 is 0 Å². The van der Waals surface area contributed by atoms with Crippen LogP contribution in [0.1, 0.15) is 12.0 Å². The number of hydrogen-bond acceptors (Lipinski definition) is 4. The molecule has 1 aliphatic heterocycles. The molecular weight excluding hydrogens is 262 g/mol. The summed E-state index contributed by atoms with van der Waals surface area (Å²) in [6, 6.07) is 10.5. The molecule has 1 aromatic rings. The third kappa shape index (κ3) is 5.81. The highest BCUT2D eigenvalue weighted by Gasteiger charge is 2.21. The first-order chi connectivity index (χ1) is 9.52. The second kappa shape index (κ2) is 8.29. The second-order valence-electron chi connectivity index (χ2n) is 4.67. The third-order valence-electron chi connectivity index (χ3n) is 3.06. The van der Waals surface area contributed by atoms with Gasteiger partial charge in [-0.1, -0.05) is 30.3 Å². The molecule has 0 amide bonds. The molecule has 20 heavy (non-hydrogen) atoms. The molecular formula is C14H19NO5. The summed E-state index contributed by atoms with van der Waals surface area (Å²) in [5.41, 5.74) is 1.37. The largest absolute Gasteiger partial charge is 0.473 e. The molecule has 1 saturated heterocycles. The van der Waals surface area contributed by atoms with E-state index in [1.807, 2.05) is 6.07 Å². The van der Waals surface area contributed by atoms with E-state index in [9.17, 15) is 0 Å². The fraction of sp³-hybridized carbons (Fsp3) is 0.429. The van der Waals surface area contributed by atoms with Crippen molar-refractivity contribution in [3.63, 3.8) is 0 Å². The van der Waals surface area contributed by atoms with Crippen LogP contribution in [0.2, 0.25) is 0 Å². The molecule has 0 saturated carbocycles. The normalized spacial score (nSPS) is 18.1. The average Bonchev–Trinajstić information content (AvgIpc) is 2.88. The Bertz CT molecular complexity index is 422. The zero-order valence-corrected chi connectivity index (χ0v) is 11.1. The molecule has 1 atom stereocenters. The molecule has 6 nitrogen and oxygen atoms in total. The Labute approximate surface area is 117 Å². The van der Waals surface area contributed by atoms with Gasteiger partial charge in [-0.05, 0) is 24.4 Å². The summed E-state index contributed by atoms with van der Waals surface area (Å²) in [5, 5.41) is 23.8. The molecule has 0 aromatic heterocycles. The Morgan fingerprint density at radius 2 is 1.75 bits per heavy atom. The van der Waals surface area contributed by atoms with Crippen molar-refractivity contribution in [3.05, 3.63) is 35.9 Å². The smallest absolute Gasteiger partial charge is 0.414 e. The molecule has 0 spiro atoms. The fourth-order valence-corrected chi connectivity index (χ4v) is 2.05. The van der Waals surface area contributed by atoms with Crippen molar-refractivity contribution < 1.29 is 24.9 Å². The number of carbonyl (C=O) groups is 2. The SMILES string of the molecule is O=C(O)C(=O)O.OCC1CCN(Cc2ccccc2)C1. The summed E-state index contributed by atoms with van der Waals surface area (Å²) in [4.78, 5) is 20.6. The molecule has 1 aliphatic rings. The Balaban J connectivity index is 0.000000286. The monoisotopic (exact) mass is 281 g/mol. The van der Waals surface area contributed by atoms with Gasteiger partial charge in [0, 0.05) is 19.7 Å². The molecule has 3 N–H and O–H groups in total. The maximum Gasteiger partial charge on any atom is 0.414 e. The van der Waals surface area contributed by atoms with E-state index in [0.717, 1.165) is 26.1 Å². The van der Waals surface area contributed by atoms with Crippen LogP contribution in [0.4, 0.5) is 0 Å². The van der Waals surface area contributed by atoms with Gasteiger partial charge in [0.05, 0.1) is 0 Å². The lowest BCUT2D eigenvalue weighted by atomic mass is 10.1. The summed E-state index contributed by atoms with van der Waals surface area (Å²) in [6.07, 6.45) is 1.14.